The van der Waals surface area contributed by atoms with Crippen LogP contribution in [0, 0.1) is 0 Å². The fourth-order valence-corrected chi connectivity index (χ4v) is 4.45. The quantitative estimate of drug-likeness (QED) is 0.547. The van der Waals surface area contributed by atoms with Crippen LogP contribution in [0.4, 0.5) is 5.69 Å². The lowest BCUT2D eigenvalue weighted by Crippen LogP contribution is -2.56. The van der Waals surface area contributed by atoms with Crippen LogP contribution in [0.15, 0.2) is 36.8 Å². The van der Waals surface area contributed by atoms with Crippen LogP contribution in [0.5, 0.6) is 0 Å². The third-order valence-electron chi connectivity index (χ3n) is 5.52. The van der Waals surface area contributed by atoms with Gasteiger partial charge in [0.25, 0.3) is 5.91 Å². The molecule has 3 aromatic heterocycles. The molecule has 2 atom stereocenters. The van der Waals surface area contributed by atoms with Gasteiger partial charge in [-0.1, -0.05) is 12.1 Å². The smallest absolute Gasteiger partial charge is 0.259 e. The number of anilines is 1. The van der Waals surface area contributed by atoms with Gasteiger partial charge in [-0.3, -0.25) is 9.20 Å². The standard InChI is InChI=1S/C21H23N7O/c1-12-9-27(10-13(2)25-12)21(29)17-18(22-3)14-8-23-11-24-19(14)28-16-7-5-4-6-15(16)26-20(17)28/h4-8,11-13,22,25H,9-10H2,1-3H3. The topological polar surface area (TPSA) is 87.5 Å². The van der Waals surface area contributed by atoms with Crippen molar-refractivity contribution in [3.8, 4) is 0 Å². The van der Waals surface area contributed by atoms with E-state index in [0.717, 1.165) is 22.1 Å². The molecule has 4 aromatic rings. The minimum atomic E-state index is -0.0272. The van der Waals surface area contributed by atoms with Crippen LogP contribution >= 0.6 is 0 Å². The van der Waals surface area contributed by atoms with Gasteiger partial charge in [0.15, 0.2) is 11.3 Å². The number of hydrogen-bond acceptors (Lipinski definition) is 6. The Bertz CT molecular complexity index is 1240. The number of imidazole rings is 1. The van der Waals surface area contributed by atoms with Crippen LogP contribution in [0.3, 0.4) is 0 Å². The van der Waals surface area contributed by atoms with Crippen LogP contribution < -0.4 is 10.6 Å². The predicted molar refractivity (Wildman–Crippen MR) is 113 cm³/mol. The molecule has 29 heavy (non-hydrogen) atoms. The van der Waals surface area contributed by atoms with Gasteiger partial charge in [0.05, 0.1) is 22.1 Å². The molecule has 1 saturated heterocycles. The number of carbonyl (C=O) groups is 1. The van der Waals surface area contributed by atoms with Crippen LogP contribution in [0.1, 0.15) is 24.2 Å². The van der Waals surface area contributed by atoms with Crippen molar-refractivity contribution < 1.29 is 4.79 Å². The molecule has 8 heteroatoms. The van der Waals surface area contributed by atoms with Gasteiger partial charge in [-0.05, 0) is 26.0 Å². The Hall–Kier alpha value is -3.26. The zero-order chi connectivity index (χ0) is 20.1. The monoisotopic (exact) mass is 389 g/mol. The first kappa shape index (κ1) is 17.8. The molecule has 4 heterocycles. The molecule has 8 nitrogen and oxygen atoms in total. The molecule has 1 fully saturated rings. The van der Waals surface area contributed by atoms with Gasteiger partial charge in [0.2, 0.25) is 0 Å². The van der Waals surface area contributed by atoms with Gasteiger partial charge >= 0.3 is 0 Å². The summed E-state index contributed by atoms with van der Waals surface area (Å²) in [6, 6.07) is 8.35. The summed E-state index contributed by atoms with van der Waals surface area (Å²) >= 11 is 0. The molecule has 0 aliphatic carbocycles. The van der Waals surface area contributed by atoms with E-state index in [4.69, 9.17) is 4.98 Å². The highest BCUT2D eigenvalue weighted by Gasteiger charge is 2.30. The van der Waals surface area contributed by atoms with Crippen LogP contribution in [0.2, 0.25) is 0 Å². The number of nitrogens with zero attached hydrogens (tertiary/aromatic N) is 5. The second-order valence-electron chi connectivity index (χ2n) is 7.70. The number of rotatable bonds is 2. The van der Waals surface area contributed by atoms with Crippen molar-refractivity contribution in [1.82, 2.24) is 29.6 Å². The van der Waals surface area contributed by atoms with Crippen LogP contribution in [0.25, 0.3) is 27.7 Å². The minimum Gasteiger partial charge on any atom is -0.387 e. The molecule has 0 radical (unpaired) electrons. The van der Waals surface area contributed by atoms with E-state index in [0.29, 0.717) is 30.0 Å². The molecule has 1 aromatic carbocycles. The summed E-state index contributed by atoms with van der Waals surface area (Å²) < 4.78 is 1.97. The molecule has 148 valence electrons. The van der Waals surface area contributed by atoms with Crippen LogP contribution in [-0.2, 0) is 0 Å². The average molecular weight is 389 g/mol. The van der Waals surface area contributed by atoms with Crippen LogP contribution in [-0.4, -0.2) is 62.4 Å². The highest BCUT2D eigenvalue weighted by molar-refractivity contribution is 6.13. The van der Waals surface area contributed by atoms with E-state index in [1.807, 2.05) is 40.6 Å². The van der Waals surface area contributed by atoms with E-state index in [1.54, 1.807) is 6.20 Å². The molecule has 1 amide bonds. The molecule has 5 rings (SSSR count). The van der Waals surface area contributed by atoms with E-state index in [2.05, 4.69) is 34.4 Å². The Morgan fingerprint density at radius 1 is 1.17 bits per heavy atom. The fraction of sp³-hybridized carbons (Fsp3) is 0.333. The summed E-state index contributed by atoms with van der Waals surface area (Å²) in [6.07, 6.45) is 3.28. The third-order valence-corrected chi connectivity index (χ3v) is 5.52. The number of amides is 1. The Kier molecular flexibility index (Phi) is 4.09. The molecule has 0 bridgehead atoms. The first-order valence-electron chi connectivity index (χ1n) is 9.84. The molecule has 2 unspecified atom stereocenters. The Morgan fingerprint density at radius 2 is 1.93 bits per heavy atom. The van der Waals surface area contributed by atoms with E-state index in [-0.39, 0.29) is 18.0 Å². The van der Waals surface area contributed by atoms with Gasteiger partial charge in [-0.2, -0.15) is 0 Å². The van der Waals surface area contributed by atoms with Crippen molar-refractivity contribution in [2.24, 2.45) is 0 Å². The van der Waals surface area contributed by atoms with Crippen molar-refractivity contribution in [3.05, 3.63) is 42.4 Å². The van der Waals surface area contributed by atoms with E-state index >= 15 is 0 Å². The van der Waals surface area contributed by atoms with Gasteiger partial charge in [-0.25, -0.2) is 15.0 Å². The maximum Gasteiger partial charge on any atom is 0.259 e. The van der Waals surface area contributed by atoms with Gasteiger partial charge < -0.3 is 15.5 Å². The van der Waals surface area contributed by atoms with Crippen molar-refractivity contribution >= 4 is 39.3 Å². The lowest BCUT2D eigenvalue weighted by atomic mass is 10.1. The first-order valence-corrected chi connectivity index (χ1v) is 9.84. The van der Waals surface area contributed by atoms with Crippen molar-refractivity contribution in [2.45, 2.75) is 25.9 Å². The number of para-hydroxylation sites is 2. The summed E-state index contributed by atoms with van der Waals surface area (Å²) in [5, 5.41) is 7.50. The Morgan fingerprint density at radius 3 is 2.69 bits per heavy atom. The van der Waals surface area contributed by atoms with Gasteiger partial charge in [-0.15, -0.1) is 0 Å². The number of carbonyl (C=O) groups excluding carboxylic acids is 1. The largest absolute Gasteiger partial charge is 0.387 e. The number of aromatic nitrogens is 4. The molecule has 2 N–H and O–H groups in total. The summed E-state index contributed by atoms with van der Waals surface area (Å²) in [7, 11) is 1.82. The van der Waals surface area contributed by atoms with Crippen molar-refractivity contribution in [2.75, 3.05) is 25.5 Å². The first-order chi connectivity index (χ1) is 14.1. The summed E-state index contributed by atoms with van der Waals surface area (Å²) in [5.74, 6) is -0.0272. The second kappa shape index (κ2) is 6.66. The second-order valence-corrected chi connectivity index (χ2v) is 7.70. The lowest BCUT2D eigenvalue weighted by molar-refractivity contribution is 0.0676. The maximum atomic E-state index is 13.8. The molecule has 0 spiro atoms. The minimum absolute atomic E-state index is 0.0272. The molecule has 1 aliphatic rings. The number of pyridine rings is 1. The average Bonchev–Trinajstić information content (AvgIpc) is 3.11. The van der Waals surface area contributed by atoms with Crippen molar-refractivity contribution in [3.63, 3.8) is 0 Å². The lowest BCUT2D eigenvalue weighted by Gasteiger charge is -2.36. The number of fused-ring (bicyclic) bond motifs is 5. The SMILES string of the molecule is CNc1c(C(=O)N2CC(C)NC(C)C2)c2nc3ccccc3n2c2ncncc12. The number of piperazine rings is 1. The molecular formula is C21H23N7O. The third kappa shape index (κ3) is 2.71. The predicted octanol–water partition coefficient (Wildman–Crippen LogP) is 2.29. The zero-order valence-corrected chi connectivity index (χ0v) is 16.7. The molecule has 1 aliphatic heterocycles. The van der Waals surface area contributed by atoms with E-state index < -0.39 is 0 Å². The fourth-order valence-electron chi connectivity index (χ4n) is 4.45. The number of benzene rings is 1. The van der Waals surface area contributed by atoms with Gasteiger partial charge in [0, 0.05) is 38.4 Å². The maximum absolute atomic E-state index is 13.8. The number of hydrogen-bond donors (Lipinski definition) is 2. The normalized spacial score (nSPS) is 19.9. The zero-order valence-electron chi connectivity index (χ0n) is 16.7. The summed E-state index contributed by atoms with van der Waals surface area (Å²) in [6.45, 7) is 5.51. The van der Waals surface area contributed by atoms with Crippen molar-refractivity contribution in [1.29, 1.82) is 0 Å². The Labute approximate surface area is 168 Å². The highest BCUT2D eigenvalue weighted by atomic mass is 16.2. The molecular weight excluding hydrogens is 366 g/mol. The summed E-state index contributed by atoms with van der Waals surface area (Å²) in [4.78, 5) is 29.2. The Balaban J connectivity index is 1.85. The number of nitrogens with one attached hydrogen (secondary N) is 2. The van der Waals surface area contributed by atoms with E-state index in [1.165, 1.54) is 6.33 Å². The summed E-state index contributed by atoms with van der Waals surface area (Å²) in [5.41, 5.74) is 4.37. The van der Waals surface area contributed by atoms with Gasteiger partial charge in [0.1, 0.15) is 11.9 Å². The highest BCUT2D eigenvalue weighted by Crippen LogP contribution is 2.33. The van der Waals surface area contributed by atoms with E-state index in [9.17, 15) is 4.79 Å². The molecule has 0 saturated carbocycles.